The van der Waals surface area contributed by atoms with Crippen LogP contribution in [-0.4, -0.2) is 12.4 Å². The van der Waals surface area contributed by atoms with E-state index in [1.807, 2.05) is 0 Å². The molecule has 1 fully saturated rings. The van der Waals surface area contributed by atoms with Crippen LogP contribution in [0.3, 0.4) is 0 Å². The first-order chi connectivity index (χ1) is 8.40. The Hall–Kier alpha value is -0.530. The van der Waals surface area contributed by atoms with Gasteiger partial charge in [0.05, 0.1) is 0 Å². The van der Waals surface area contributed by atoms with Crippen molar-refractivity contribution in [1.29, 1.82) is 0 Å². The predicted octanol–water partition coefficient (Wildman–Crippen LogP) is 4.06. The Labute approximate surface area is 110 Å². The smallest absolute Gasteiger partial charge is 0.0348 e. The number of halogens is 1. The Morgan fingerprint density at radius 1 is 1.06 bits per heavy atom. The Bertz CT molecular complexity index is 314. The molecule has 1 saturated carbocycles. The minimum Gasteiger partial charge on any atom is -0.311 e. The van der Waals surface area contributed by atoms with Gasteiger partial charge in [-0.15, -0.1) is 11.6 Å². The fourth-order valence-corrected chi connectivity index (χ4v) is 2.78. The van der Waals surface area contributed by atoms with Crippen LogP contribution in [-0.2, 0) is 6.54 Å². The van der Waals surface area contributed by atoms with E-state index < -0.39 is 0 Å². The molecule has 1 nitrogen and oxygen atoms in total. The summed E-state index contributed by atoms with van der Waals surface area (Å²) in [6, 6.07) is 9.14. The maximum absolute atomic E-state index is 5.63. The zero-order valence-corrected chi connectivity index (χ0v) is 11.2. The quantitative estimate of drug-likeness (QED) is 0.615. The summed E-state index contributed by atoms with van der Waals surface area (Å²) in [5.74, 6) is 1.49. The van der Waals surface area contributed by atoms with Crippen LogP contribution in [0.25, 0.3) is 0 Å². The van der Waals surface area contributed by atoms with Crippen LogP contribution in [0.2, 0.25) is 0 Å². The standard InChI is InChI=1S/C15H22ClN/c16-10-11-17-12-13-6-8-15(9-7-13)14-4-2-1-3-5-14/h6-9,14,17H,1-5,10-12H2. The lowest BCUT2D eigenvalue weighted by Crippen LogP contribution is -2.15. The van der Waals surface area contributed by atoms with Crippen molar-refractivity contribution in [2.24, 2.45) is 0 Å². The van der Waals surface area contributed by atoms with E-state index >= 15 is 0 Å². The van der Waals surface area contributed by atoms with E-state index in [0.717, 1.165) is 19.0 Å². The van der Waals surface area contributed by atoms with Crippen LogP contribution >= 0.6 is 11.6 Å². The summed E-state index contributed by atoms with van der Waals surface area (Å²) < 4.78 is 0. The average Bonchev–Trinajstić information content (AvgIpc) is 2.41. The minimum atomic E-state index is 0.681. The molecular weight excluding hydrogens is 230 g/mol. The maximum atomic E-state index is 5.63. The molecule has 1 aliphatic carbocycles. The Morgan fingerprint density at radius 2 is 1.76 bits per heavy atom. The molecule has 0 radical (unpaired) electrons. The molecule has 1 aromatic carbocycles. The molecule has 0 amide bonds. The molecule has 0 aromatic heterocycles. The van der Waals surface area contributed by atoms with Gasteiger partial charge in [0.2, 0.25) is 0 Å². The van der Waals surface area contributed by atoms with Crippen molar-refractivity contribution in [3.8, 4) is 0 Å². The van der Waals surface area contributed by atoms with E-state index in [9.17, 15) is 0 Å². The van der Waals surface area contributed by atoms with Gasteiger partial charge in [0.25, 0.3) is 0 Å². The molecule has 0 atom stereocenters. The summed E-state index contributed by atoms with van der Waals surface area (Å²) in [4.78, 5) is 0. The van der Waals surface area contributed by atoms with Crippen LogP contribution in [0, 0.1) is 0 Å². The first-order valence-electron chi connectivity index (χ1n) is 6.75. The summed E-state index contributed by atoms with van der Waals surface area (Å²) in [5.41, 5.74) is 2.89. The second-order valence-corrected chi connectivity index (χ2v) is 5.32. The largest absolute Gasteiger partial charge is 0.311 e. The van der Waals surface area contributed by atoms with Crippen LogP contribution < -0.4 is 5.32 Å². The van der Waals surface area contributed by atoms with Crippen LogP contribution in [0.5, 0.6) is 0 Å². The topological polar surface area (TPSA) is 12.0 Å². The predicted molar refractivity (Wildman–Crippen MR) is 74.7 cm³/mol. The molecule has 0 unspecified atom stereocenters. The van der Waals surface area contributed by atoms with Gasteiger partial charge in [-0.25, -0.2) is 0 Å². The third-order valence-corrected chi connectivity index (χ3v) is 3.85. The van der Waals surface area contributed by atoms with E-state index in [0.29, 0.717) is 5.88 Å². The van der Waals surface area contributed by atoms with Gasteiger partial charge in [-0.3, -0.25) is 0 Å². The van der Waals surface area contributed by atoms with E-state index in [4.69, 9.17) is 11.6 Å². The molecular formula is C15H22ClN. The first-order valence-corrected chi connectivity index (χ1v) is 7.29. The second-order valence-electron chi connectivity index (χ2n) is 4.94. The van der Waals surface area contributed by atoms with Crippen LogP contribution in [0.15, 0.2) is 24.3 Å². The number of nitrogens with one attached hydrogen (secondary N) is 1. The number of benzene rings is 1. The molecule has 0 spiro atoms. The normalized spacial score (nSPS) is 17.2. The van der Waals surface area contributed by atoms with E-state index in [1.54, 1.807) is 0 Å². The van der Waals surface area contributed by atoms with Gasteiger partial charge in [0, 0.05) is 19.0 Å². The number of hydrogen-bond acceptors (Lipinski definition) is 1. The van der Waals surface area contributed by atoms with Crippen molar-refractivity contribution in [2.45, 2.75) is 44.6 Å². The van der Waals surface area contributed by atoms with Crippen molar-refractivity contribution in [2.75, 3.05) is 12.4 Å². The van der Waals surface area contributed by atoms with Gasteiger partial charge in [-0.05, 0) is 29.9 Å². The Morgan fingerprint density at radius 3 is 2.41 bits per heavy atom. The number of alkyl halides is 1. The fourth-order valence-electron chi connectivity index (χ4n) is 2.64. The SMILES string of the molecule is ClCCNCc1ccc(C2CCCCC2)cc1. The van der Waals surface area contributed by atoms with Gasteiger partial charge in [0.1, 0.15) is 0 Å². The summed E-state index contributed by atoms with van der Waals surface area (Å²) in [7, 11) is 0. The van der Waals surface area contributed by atoms with E-state index in [-0.39, 0.29) is 0 Å². The lowest BCUT2D eigenvalue weighted by Gasteiger charge is -2.22. The van der Waals surface area contributed by atoms with Crippen molar-refractivity contribution in [1.82, 2.24) is 5.32 Å². The molecule has 1 aromatic rings. The van der Waals surface area contributed by atoms with Crippen LogP contribution in [0.1, 0.15) is 49.1 Å². The minimum absolute atomic E-state index is 0.681. The van der Waals surface area contributed by atoms with E-state index in [2.05, 4.69) is 29.6 Å². The highest BCUT2D eigenvalue weighted by molar-refractivity contribution is 6.18. The molecule has 94 valence electrons. The van der Waals surface area contributed by atoms with Crippen molar-refractivity contribution < 1.29 is 0 Å². The Kier molecular flexibility index (Phi) is 5.34. The lowest BCUT2D eigenvalue weighted by molar-refractivity contribution is 0.443. The molecule has 2 rings (SSSR count). The van der Waals surface area contributed by atoms with Gasteiger partial charge in [-0.1, -0.05) is 43.5 Å². The third kappa shape index (κ3) is 4.01. The molecule has 1 N–H and O–H groups in total. The molecule has 0 saturated heterocycles. The zero-order chi connectivity index (χ0) is 11.9. The average molecular weight is 252 g/mol. The Balaban J connectivity index is 1.88. The summed E-state index contributed by atoms with van der Waals surface area (Å²) in [5, 5.41) is 3.32. The van der Waals surface area contributed by atoms with Crippen LogP contribution in [0.4, 0.5) is 0 Å². The van der Waals surface area contributed by atoms with Gasteiger partial charge < -0.3 is 5.32 Å². The van der Waals surface area contributed by atoms with Gasteiger partial charge in [-0.2, -0.15) is 0 Å². The monoisotopic (exact) mass is 251 g/mol. The number of rotatable bonds is 5. The maximum Gasteiger partial charge on any atom is 0.0348 e. The summed E-state index contributed by atoms with van der Waals surface area (Å²) >= 11 is 5.63. The molecule has 0 aliphatic heterocycles. The van der Waals surface area contributed by atoms with Gasteiger partial charge >= 0.3 is 0 Å². The molecule has 2 heteroatoms. The van der Waals surface area contributed by atoms with Crippen molar-refractivity contribution in [3.63, 3.8) is 0 Å². The number of hydrogen-bond donors (Lipinski definition) is 1. The first kappa shape index (κ1) is 12.9. The van der Waals surface area contributed by atoms with Gasteiger partial charge in [0.15, 0.2) is 0 Å². The molecule has 0 heterocycles. The highest BCUT2D eigenvalue weighted by Crippen LogP contribution is 2.32. The third-order valence-electron chi connectivity index (χ3n) is 3.66. The second kappa shape index (κ2) is 7.03. The molecule has 0 bridgehead atoms. The summed E-state index contributed by atoms with van der Waals surface area (Å²) in [6.07, 6.45) is 7.00. The zero-order valence-electron chi connectivity index (χ0n) is 10.4. The molecule has 17 heavy (non-hydrogen) atoms. The molecule has 1 aliphatic rings. The summed E-state index contributed by atoms with van der Waals surface area (Å²) in [6.45, 7) is 1.81. The highest BCUT2D eigenvalue weighted by Gasteiger charge is 2.14. The van der Waals surface area contributed by atoms with Crippen molar-refractivity contribution in [3.05, 3.63) is 35.4 Å². The van der Waals surface area contributed by atoms with E-state index in [1.165, 1.54) is 43.2 Å². The lowest BCUT2D eigenvalue weighted by atomic mass is 9.84. The van der Waals surface area contributed by atoms with Crippen molar-refractivity contribution >= 4 is 11.6 Å². The highest BCUT2D eigenvalue weighted by atomic mass is 35.5. The fraction of sp³-hybridized carbons (Fsp3) is 0.600.